The summed E-state index contributed by atoms with van der Waals surface area (Å²) in [7, 11) is -2.30. The Morgan fingerprint density at radius 2 is 0.831 bits per heavy atom. The van der Waals surface area contributed by atoms with Crippen LogP contribution in [-0.4, -0.2) is 28.3 Å². The van der Waals surface area contributed by atoms with Crippen LogP contribution >= 0.6 is 7.14 Å². The van der Waals surface area contributed by atoms with Gasteiger partial charge in [-0.15, -0.1) is 0 Å². The van der Waals surface area contributed by atoms with Gasteiger partial charge in [0.25, 0.3) is 0 Å². The van der Waals surface area contributed by atoms with Crippen LogP contribution in [0.1, 0.15) is 36.8 Å². The molecule has 2 aliphatic carbocycles. The molecule has 8 aromatic carbocycles. The van der Waals surface area contributed by atoms with Gasteiger partial charge < -0.3 is 4.57 Å². The van der Waals surface area contributed by atoms with Gasteiger partial charge in [0.15, 0.2) is 17.5 Å². The molecule has 0 radical (unpaired) electrons. The van der Waals surface area contributed by atoms with Crippen LogP contribution in [0, 0.1) is 11.8 Å². The van der Waals surface area contributed by atoms with E-state index in [9.17, 15) is 4.57 Å². The van der Waals surface area contributed by atoms with Crippen molar-refractivity contribution in [2.45, 2.75) is 31.1 Å². The Bertz CT molecular complexity index is 3180. The molecule has 0 N–H and O–H groups in total. The van der Waals surface area contributed by atoms with Crippen LogP contribution < -0.4 is 5.30 Å². The zero-order chi connectivity index (χ0) is 44.0. The molecule has 0 aliphatic heterocycles. The smallest absolute Gasteiger partial charge is 0.164 e. The first-order valence-electron chi connectivity index (χ1n) is 22.8. The number of rotatable bonds is 10. The van der Waals surface area contributed by atoms with Gasteiger partial charge in [0.2, 0.25) is 0 Å². The number of hydrogen-bond donors (Lipinski definition) is 0. The summed E-state index contributed by atoms with van der Waals surface area (Å²) >= 11 is 0. The molecular weight excluding hydrogens is 810 g/mol. The van der Waals surface area contributed by atoms with Crippen molar-refractivity contribution in [1.29, 1.82) is 0 Å². The van der Waals surface area contributed by atoms with E-state index in [1.54, 1.807) is 0 Å². The Kier molecular flexibility index (Phi) is 10.6. The minimum atomic E-state index is -2.30. The van der Waals surface area contributed by atoms with E-state index >= 15 is 0 Å². The fourth-order valence-electron chi connectivity index (χ4n) is 10.7. The monoisotopic (exact) mass is 859 g/mol. The zero-order valence-electron chi connectivity index (χ0n) is 36.8. The molecule has 0 spiro atoms. The van der Waals surface area contributed by atoms with Gasteiger partial charge in [-0.1, -0.05) is 207 Å². The summed E-state index contributed by atoms with van der Waals surface area (Å²) in [4.78, 5) is 15.6. The number of hydrogen-bond acceptors (Lipinski definition) is 4. The van der Waals surface area contributed by atoms with Crippen LogP contribution in [0.25, 0.3) is 78.7 Å². The van der Waals surface area contributed by atoms with E-state index in [1.165, 1.54) is 52.6 Å². The topological polar surface area (TPSA) is 55.7 Å². The molecule has 3 unspecified atom stereocenters. The summed E-state index contributed by atoms with van der Waals surface area (Å²) in [6.45, 7) is 3.66. The average Bonchev–Trinajstić information content (AvgIpc) is 4.00. The first-order valence-corrected chi connectivity index (χ1v) is 25.4. The van der Waals surface area contributed by atoms with Crippen molar-refractivity contribution < 1.29 is 4.57 Å². The Labute approximate surface area is 382 Å². The quantitative estimate of drug-likeness (QED) is 0.129. The van der Waals surface area contributed by atoms with Gasteiger partial charge in [-0.05, 0) is 106 Å². The molecule has 4 nitrogen and oxygen atoms in total. The van der Waals surface area contributed by atoms with E-state index in [2.05, 4.69) is 188 Å². The van der Waals surface area contributed by atoms with Gasteiger partial charge in [0.1, 0.15) is 7.14 Å². The highest BCUT2D eigenvalue weighted by Crippen LogP contribution is 2.60. The van der Waals surface area contributed by atoms with E-state index in [1.807, 2.05) is 31.5 Å². The second kappa shape index (κ2) is 16.8. The van der Waals surface area contributed by atoms with E-state index in [0.29, 0.717) is 23.4 Å². The first-order chi connectivity index (χ1) is 31.8. The Balaban J connectivity index is 0.961. The molecule has 9 aromatic rings. The highest BCUT2D eigenvalue weighted by Gasteiger charge is 2.52. The van der Waals surface area contributed by atoms with Crippen molar-refractivity contribution in [1.82, 2.24) is 15.0 Å². The molecular formula is C60H50N3OP. The predicted molar refractivity (Wildman–Crippen MR) is 270 cm³/mol. The minimum Gasteiger partial charge on any atom is -0.319 e. The Morgan fingerprint density at radius 1 is 0.415 bits per heavy atom. The minimum absolute atomic E-state index is 0.0466. The number of benzene rings is 8. The number of nitrogens with zero attached hydrogens (tertiary/aromatic N) is 3. The molecule has 1 heterocycles. The van der Waals surface area contributed by atoms with E-state index in [0.717, 1.165) is 56.6 Å². The lowest BCUT2D eigenvalue weighted by molar-refractivity contribution is 0.320. The van der Waals surface area contributed by atoms with Crippen molar-refractivity contribution in [3.8, 4) is 78.7 Å². The van der Waals surface area contributed by atoms with Gasteiger partial charge in [-0.2, -0.15) is 0 Å². The molecule has 2 fully saturated rings. The van der Waals surface area contributed by atoms with E-state index in [-0.39, 0.29) is 5.41 Å². The highest BCUT2D eigenvalue weighted by molar-refractivity contribution is 7.70. The maximum atomic E-state index is 12.7. The van der Waals surface area contributed by atoms with E-state index in [4.69, 9.17) is 15.0 Å². The van der Waals surface area contributed by atoms with Gasteiger partial charge in [0, 0.05) is 27.4 Å². The van der Waals surface area contributed by atoms with Crippen molar-refractivity contribution in [2.75, 3.05) is 13.3 Å². The van der Waals surface area contributed by atoms with Crippen molar-refractivity contribution in [3.05, 3.63) is 217 Å². The molecule has 1 aromatic heterocycles. The Morgan fingerprint density at radius 3 is 1.35 bits per heavy atom. The maximum Gasteiger partial charge on any atom is 0.164 e. The van der Waals surface area contributed by atoms with Crippen LogP contribution in [0.4, 0.5) is 0 Å². The van der Waals surface area contributed by atoms with Gasteiger partial charge in [-0.3, -0.25) is 0 Å². The molecule has 5 heteroatoms. The van der Waals surface area contributed by atoms with Gasteiger partial charge >= 0.3 is 0 Å². The summed E-state index contributed by atoms with van der Waals surface area (Å²) < 4.78 is 12.7. The standard InChI is InChI=1S/C60H50N3OP/c1-65(2,64)54-36-29-44(30-37-54)43-25-32-51(33-26-43)60(40-41-20-31-53(60)38-41)52-34-27-48(28-35-52)58-61-57(62-59(63-58)50-17-11-16-49(39-50)42-12-5-3-6-13-42)47-23-21-46(22-24-47)56-19-10-9-18-55(56)45-14-7-4-8-15-45/h3-19,21-30,32-37,39,41,53H,20,31,38,40H2,1-2H3. The van der Waals surface area contributed by atoms with Gasteiger partial charge in [0.05, 0.1) is 0 Å². The third kappa shape index (κ3) is 7.87. The second-order valence-electron chi connectivity index (χ2n) is 18.3. The maximum absolute atomic E-state index is 12.7. The van der Waals surface area contributed by atoms with Crippen molar-refractivity contribution >= 4 is 12.4 Å². The fourth-order valence-corrected chi connectivity index (χ4v) is 11.6. The van der Waals surface area contributed by atoms with Crippen molar-refractivity contribution in [2.24, 2.45) is 11.8 Å². The summed E-state index contributed by atoms with van der Waals surface area (Å²) in [5, 5.41) is 0.916. The summed E-state index contributed by atoms with van der Waals surface area (Å²) in [5.74, 6) is 3.27. The molecule has 2 bridgehead atoms. The average molecular weight is 860 g/mol. The second-order valence-corrected chi connectivity index (χ2v) is 21.6. The molecule has 2 aliphatic rings. The lowest BCUT2D eigenvalue weighted by Gasteiger charge is -2.39. The van der Waals surface area contributed by atoms with Gasteiger partial charge in [-0.25, -0.2) is 15.0 Å². The lowest BCUT2D eigenvalue weighted by Crippen LogP contribution is -2.34. The molecule has 65 heavy (non-hydrogen) atoms. The van der Waals surface area contributed by atoms with Crippen LogP contribution in [0.15, 0.2) is 206 Å². The summed E-state index contributed by atoms with van der Waals surface area (Å²) in [6, 6.07) is 73.4. The zero-order valence-corrected chi connectivity index (χ0v) is 37.7. The summed E-state index contributed by atoms with van der Waals surface area (Å²) in [6.07, 6.45) is 5.01. The molecule has 11 rings (SSSR count). The molecule has 3 atom stereocenters. The molecule has 2 saturated carbocycles. The van der Waals surface area contributed by atoms with Crippen LogP contribution in [0.2, 0.25) is 0 Å². The SMILES string of the molecule is CP(C)(=O)c1ccc(-c2ccc(C3(c4ccc(-c5nc(-c6ccc(-c7ccccc7-c7ccccc7)cc6)nc(-c6cccc(-c7ccccc7)c6)n5)cc4)CC4CCC3C4)cc2)cc1. The van der Waals surface area contributed by atoms with Crippen LogP contribution in [-0.2, 0) is 9.98 Å². The molecule has 0 saturated heterocycles. The summed E-state index contributed by atoms with van der Waals surface area (Å²) in [5.41, 5.74) is 14.8. The third-order valence-electron chi connectivity index (χ3n) is 14.1. The Hall–Kier alpha value is -7.00. The lowest BCUT2D eigenvalue weighted by atomic mass is 9.64. The van der Waals surface area contributed by atoms with Crippen LogP contribution in [0.3, 0.4) is 0 Å². The number of fused-ring (bicyclic) bond motifs is 2. The predicted octanol–water partition coefficient (Wildman–Crippen LogP) is 14.9. The highest BCUT2D eigenvalue weighted by atomic mass is 31.2. The van der Waals surface area contributed by atoms with Crippen LogP contribution in [0.5, 0.6) is 0 Å². The third-order valence-corrected chi connectivity index (χ3v) is 15.6. The number of aromatic nitrogens is 3. The largest absolute Gasteiger partial charge is 0.319 e. The normalized spacial score (nSPS) is 17.9. The first kappa shape index (κ1) is 40.8. The van der Waals surface area contributed by atoms with Crippen molar-refractivity contribution in [3.63, 3.8) is 0 Å². The molecule has 316 valence electrons. The fraction of sp³-hybridized carbons (Fsp3) is 0.150. The van der Waals surface area contributed by atoms with E-state index < -0.39 is 7.14 Å². The molecule has 0 amide bonds.